The predicted molar refractivity (Wildman–Crippen MR) is 99.4 cm³/mol. The molecule has 0 saturated carbocycles. The van der Waals surface area contributed by atoms with Gasteiger partial charge >= 0.3 is 0 Å². The molecular formula is C19H25N4P+2. The molecule has 2 aromatic heterocycles. The minimum atomic E-state index is 0.868. The summed E-state index contributed by atoms with van der Waals surface area (Å²) in [5, 5.41) is 0. The Kier molecular flexibility index (Phi) is 5.27. The van der Waals surface area contributed by atoms with Crippen LogP contribution in [0.25, 0.3) is 6.20 Å². The van der Waals surface area contributed by atoms with Crippen molar-refractivity contribution in [2.45, 2.75) is 32.7 Å². The minimum Gasteiger partial charge on any atom is -0.237 e. The van der Waals surface area contributed by atoms with Gasteiger partial charge in [-0.2, -0.15) is 0 Å². The van der Waals surface area contributed by atoms with Gasteiger partial charge in [0.25, 0.3) is 0 Å². The lowest BCUT2D eigenvalue weighted by Gasteiger charge is -2.06. The second-order valence-electron chi connectivity index (χ2n) is 5.99. The van der Waals surface area contributed by atoms with Crippen molar-refractivity contribution in [3.05, 3.63) is 78.9 Å². The lowest BCUT2D eigenvalue weighted by atomic mass is 10.1. The summed E-state index contributed by atoms with van der Waals surface area (Å²) in [6, 6.07) is 6.89. The minimum absolute atomic E-state index is 0.868. The van der Waals surface area contributed by atoms with E-state index < -0.39 is 0 Å². The highest BCUT2D eigenvalue weighted by Crippen LogP contribution is 2.13. The van der Waals surface area contributed by atoms with Crippen LogP contribution in [0, 0.1) is 0 Å². The molecule has 4 nitrogen and oxygen atoms in total. The zero-order valence-electron chi connectivity index (χ0n) is 14.2. The van der Waals surface area contributed by atoms with E-state index in [1.807, 2.05) is 10.8 Å². The van der Waals surface area contributed by atoms with E-state index in [0.717, 1.165) is 25.8 Å². The Labute approximate surface area is 145 Å². The number of imidazole rings is 2. The highest BCUT2D eigenvalue weighted by molar-refractivity contribution is 7.15. The van der Waals surface area contributed by atoms with Gasteiger partial charge in [-0.15, -0.1) is 9.24 Å². The molecule has 5 heteroatoms. The first-order chi connectivity index (χ1) is 11.7. The van der Waals surface area contributed by atoms with Crippen molar-refractivity contribution >= 4 is 15.4 Å². The lowest BCUT2D eigenvalue weighted by molar-refractivity contribution is -0.688. The van der Waals surface area contributed by atoms with Crippen molar-refractivity contribution in [3.8, 4) is 0 Å². The molecule has 0 aliphatic carbocycles. The number of aromatic nitrogens is 4. The molecule has 3 rings (SSSR count). The molecule has 1 aromatic carbocycles. The van der Waals surface area contributed by atoms with Crippen molar-refractivity contribution in [1.29, 1.82) is 0 Å². The third-order valence-corrected chi connectivity index (χ3v) is 4.58. The van der Waals surface area contributed by atoms with E-state index in [9.17, 15) is 0 Å². The zero-order chi connectivity index (χ0) is 16.9. The Morgan fingerprint density at radius 1 is 1.00 bits per heavy atom. The van der Waals surface area contributed by atoms with E-state index in [4.69, 9.17) is 0 Å². The highest BCUT2D eigenvalue weighted by Gasteiger charge is 2.08. The quantitative estimate of drug-likeness (QED) is 0.464. The second-order valence-corrected chi connectivity index (χ2v) is 6.40. The molecule has 3 aromatic rings. The van der Waals surface area contributed by atoms with Crippen LogP contribution in [0.2, 0.25) is 0 Å². The van der Waals surface area contributed by atoms with E-state index in [1.54, 1.807) is 6.20 Å². The number of hydrogen-bond donors (Lipinski definition) is 0. The van der Waals surface area contributed by atoms with Crippen LogP contribution in [0.3, 0.4) is 0 Å². The maximum atomic E-state index is 3.79. The number of rotatable bonds is 7. The topological polar surface area (TPSA) is 17.6 Å². The average Bonchev–Trinajstić information content (AvgIpc) is 3.23. The van der Waals surface area contributed by atoms with Crippen molar-refractivity contribution in [3.63, 3.8) is 0 Å². The van der Waals surface area contributed by atoms with Crippen LogP contribution in [0.4, 0.5) is 0 Å². The number of hydrogen-bond acceptors (Lipinski definition) is 0. The predicted octanol–water partition coefficient (Wildman–Crippen LogP) is 2.46. The molecule has 0 spiro atoms. The van der Waals surface area contributed by atoms with Gasteiger partial charge in [0.05, 0.1) is 12.7 Å². The molecule has 24 heavy (non-hydrogen) atoms. The molecule has 1 atom stereocenters. The molecule has 0 bridgehead atoms. The molecule has 0 aliphatic rings. The summed E-state index contributed by atoms with van der Waals surface area (Å²) in [5.41, 5.74) is 4.02. The molecule has 124 valence electrons. The third kappa shape index (κ3) is 4.01. The number of nitrogens with zero attached hydrogens (tertiary/aromatic N) is 4. The SMILES string of the molecule is C=Cn1cc[n+](Cc2cc(CP)cc(C[n+]3ccn(CC)c3)c2)c1. The first kappa shape index (κ1) is 16.7. The van der Waals surface area contributed by atoms with Gasteiger partial charge in [0, 0.05) is 0 Å². The molecule has 0 saturated heterocycles. The van der Waals surface area contributed by atoms with Gasteiger partial charge in [0.15, 0.2) is 0 Å². The van der Waals surface area contributed by atoms with Crippen molar-refractivity contribution in [2.24, 2.45) is 0 Å². The fourth-order valence-corrected chi connectivity index (χ4v) is 3.13. The molecule has 2 heterocycles. The van der Waals surface area contributed by atoms with E-state index in [-0.39, 0.29) is 0 Å². The van der Waals surface area contributed by atoms with Crippen molar-refractivity contribution in [1.82, 2.24) is 9.13 Å². The van der Waals surface area contributed by atoms with Crippen LogP contribution in [0.5, 0.6) is 0 Å². The summed E-state index contributed by atoms with van der Waals surface area (Å²) in [6.45, 7) is 8.72. The molecule has 0 fully saturated rings. The van der Waals surface area contributed by atoms with Gasteiger partial charge in [-0.25, -0.2) is 18.3 Å². The smallest absolute Gasteiger partial charge is 0.237 e. The third-order valence-electron chi connectivity index (χ3n) is 4.11. The lowest BCUT2D eigenvalue weighted by Crippen LogP contribution is -2.33. The van der Waals surface area contributed by atoms with Crippen LogP contribution < -0.4 is 9.13 Å². The van der Waals surface area contributed by atoms with Crippen molar-refractivity contribution < 1.29 is 9.13 Å². The van der Waals surface area contributed by atoms with Crippen LogP contribution in [0.1, 0.15) is 23.6 Å². The summed E-state index contributed by atoms with van der Waals surface area (Å²) in [7, 11) is 2.83. The fourth-order valence-electron chi connectivity index (χ4n) is 2.89. The van der Waals surface area contributed by atoms with E-state index in [0.29, 0.717) is 0 Å². The summed E-state index contributed by atoms with van der Waals surface area (Å²) < 4.78 is 8.56. The summed E-state index contributed by atoms with van der Waals surface area (Å²) in [5.74, 6) is 0. The molecule has 0 amide bonds. The highest BCUT2D eigenvalue weighted by atomic mass is 31.0. The summed E-state index contributed by atoms with van der Waals surface area (Å²) in [6.07, 6.45) is 15.3. The van der Waals surface area contributed by atoms with Crippen LogP contribution >= 0.6 is 9.24 Å². The molecule has 0 radical (unpaired) electrons. The van der Waals surface area contributed by atoms with E-state index in [1.165, 1.54) is 16.7 Å². The Hall–Kier alpha value is -2.19. The van der Waals surface area contributed by atoms with Gasteiger partial charge in [0.1, 0.15) is 37.9 Å². The maximum absolute atomic E-state index is 3.79. The fraction of sp³-hybridized carbons (Fsp3) is 0.263. The monoisotopic (exact) mass is 340 g/mol. The van der Waals surface area contributed by atoms with Gasteiger partial charge in [-0.1, -0.05) is 18.7 Å². The van der Waals surface area contributed by atoms with Gasteiger partial charge < -0.3 is 0 Å². The van der Waals surface area contributed by atoms with E-state index >= 15 is 0 Å². The Bertz CT molecular complexity index is 832. The average molecular weight is 340 g/mol. The van der Waals surface area contributed by atoms with Gasteiger partial charge in [-0.3, -0.25) is 0 Å². The van der Waals surface area contributed by atoms with E-state index in [2.05, 4.69) is 85.9 Å². The van der Waals surface area contributed by atoms with Gasteiger partial charge in [0.2, 0.25) is 12.7 Å². The van der Waals surface area contributed by atoms with Crippen LogP contribution in [0.15, 0.2) is 62.2 Å². The largest absolute Gasteiger partial charge is 0.248 e. The summed E-state index contributed by atoms with van der Waals surface area (Å²) in [4.78, 5) is 0. The molecule has 0 N–H and O–H groups in total. The summed E-state index contributed by atoms with van der Waals surface area (Å²) >= 11 is 0. The van der Waals surface area contributed by atoms with Crippen molar-refractivity contribution in [2.75, 3.05) is 0 Å². The standard InChI is InChI=1S/C19H25N4P/c1-3-20-5-7-22(15-20)12-17-9-18(11-19(10-17)14-24)13-23-8-6-21(4-2)16-23/h3,5-11,15-16H,1,4,12-14,24H2,2H3/q+2. The van der Waals surface area contributed by atoms with Crippen LogP contribution in [-0.2, 0) is 25.8 Å². The second kappa shape index (κ2) is 7.59. The Morgan fingerprint density at radius 3 is 2.17 bits per heavy atom. The molecule has 0 aliphatic heterocycles. The first-order valence-corrected chi connectivity index (χ1v) is 9.07. The maximum Gasteiger partial charge on any atom is 0.248 e. The number of benzene rings is 1. The Balaban J connectivity index is 1.82. The Morgan fingerprint density at radius 2 is 1.62 bits per heavy atom. The molecular weight excluding hydrogens is 315 g/mol. The zero-order valence-corrected chi connectivity index (χ0v) is 15.3. The van der Waals surface area contributed by atoms with Gasteiger partial charge in [-0.05, 0) is 35.8 Å². The molecule has 1 unspecified atom stereocenters. The first-order valence-electron chi connectivity index (χ1n) is 8.26. The number of aryl methyl sites for hydroxylation is 1. The van der Waals surface area contributed by atoms with Crippen LogP contribution in [-0.4, -0.2) is 9.13 Å². The normalized spacial score (nSPS) is 10.9.